The van der Waals surface area contributed by atoms with Crippen LogP contribution in [0.4, 0.5) is 11.5 Å². The van der Waals surface area contributed by atoms with Crippen molar-refractivity contribution in [3.8, 4) is 0 Å². The molecule has 30 heavy (non-hydrogen) atoms. The van der Waals surface area contributed by atoms with Gasteiger partial charge in [0.2, 0.25) is 0 Å². The molecule has 0 fully saturated rings. The lowest BCUT2D eigenvalue weighted by Gasteiger charge is -2.29. The molecular weight excluding hydrogens is 447 g/mol. The average molecular weight is 470 g/mol. The van der Waals surface area contributed by atoms with E-state index in [-0.39, 0.29) is 23.9 Å². The summed E-state index contributed by atoms with van der Waals surface area (Å²) in [5.74, 6) is -0.295. The predicted molar refractivity (Wildman–Crippen MR) is 124 cm³/mol. The number of pyridine rings is 1. The summed E-state index contributed by atoms with van der Waals surface area (Å²) in [6, 6.07) is 8.41. The van der Waals surface area contributed by atoms with Crippen LogP contribution in [0.1, 0.15) is 30.6 Å². The van der Waals surface area contributed by atoms with Gasteiger partial charge < -0.3 is 10.6 Å². The Morgan fingerprint density at radius 3 is 2.40 bits per heavy atom. The van der Waals surface area contributed by atoms with Crippen molar-refractivity contribution >= 4 is 58.9 Å². The van der Waals surface area contributed by atoms with Crippen LogP contribution in [-0.2, 0) is 4.79 Å². The molecule has 2 N–H and O–H groups in total. The van der Waals surface area contributed by atoms with Crippen molar-refractivity contribution in [3.63, 3.8) is 0 Å². The standard InChI is InChI=1S/C21H22Cl2N4O2.ClH/c1-13(2)27-9-7-14(8-10-27)20(28)25-18-5-3-15(22)11-17(18)21(29)26-19-6-4-16(23)12-24-19;/h3-7,11-13H,8-10H2,1-2H3,(H,25,28)(H,24,26,29);1H. The van der Waals surface area contributed by atoms with Crippen LogP contribution in [0.2, 0.25) is 10.0 Å². The maximum absolute atomic E-state index is 12.7. The SMILES string of the molecule is CC(C)N1CC=C(C(=O)Nc2ccc(Cl)cc2C(=O)Nc2ccc(Cl)cn2)CC1.Cl. The molecule has 0 bridgehead atoms. The quantitative estimate of drug-likeness (QED) is 0.643. The number of carbonyl (C=O) groups excluding carboxylic acids is 2. The van der Waals surface area contributed by atoms with Crippen LogP contribution in [0.5, 0.6) is 0 Å². The van der Waals surface area contributed by atoms with Gasteiger partial charge in [0.1, 0.15) is 5.82 Å². The number of aromatic nitrogens is 1. The monoisotopic (exact) mass is 468 g/mol. The third-order valence-corrected chi connectivity index (χ3v) is 5.16. The molecule has 0 unspecified atom stereocenters. The van der Waals surface area contributed by atoms with E-state index in [2.05, 4.69) is 34.4 Å². The molecule has 1 aliphatic rings. The van der Waals surface area contributed by atoms with E-state index in [9.17, 15) is 9.59 Å². The minimum absolute atomic E-state index is 0. The molecule has 0 saturated heterocycles. The van der Waals surface area contributed by atoms with E-state index >= 15 is 0 Å². The smallest absolute Gasteiger partial charge is 0.258 e. The Hall–Kier alpha value is -2.12. The van der Waals surface area contributed by atoms with Crippen molar-refractivity contribution in [2.45, 2.75) is 26.3 Å². The van der Waals surface area contributed by atoms with Crippen molar-refractivity contribution in [2.24, 2.45) is 0 Å². The zero-order chi connectivity index (χ0) is 21.0. The molecule has 0 saturated carbocycles. The van der Waals surface area contributed by atoms with Gasteiger partial charge in [-0.15, -0.1) is 12.4 Å². The summed E-state index contributed by atoms with van der Waals surface area (Å²) < 4.78 is 0. The molecule has 2 amide bonds. The first-order chi connectivity index (χ1) is 13.8. The maximum atomic E-state index is 12.7. The highest BCUT2D eigenvalue weighted by atomic mass is 35.5. The summed E-state index contributed by atoms with van der Waals surface area (Å²) >= 11 is 11.9. The van der Waals surface area contributed by atoms with E-state index in [4.69, 9.17) is 23.2 Å². The van der Waals surface area contributed by atoms with Crippen molar-refractivity contribution in [2.75, 3.05) is 23.7 Å². The summed E-state index contributed by atoms with van der Waals surface area (Å²) in [5, 5.41) is 6.38. The highest BCUT2D eigenvalue weighted by molar-refractivity contribution is 6.31. The van der Waals surface area contributed by atoms with Crippen LogP contribution in [0.25, 0.3) is 0 Å². The molecule has 3 rings (SSSR count). The van der Waals surface area contributed by atoms with E-state index in [1.807, 2.05) is 6.08 Å². The molecule has 1 aromatic carbocycles. The fourth-order valence-corrected chi connectivity index (χ4v) is 3.29. The highest BCUT2D eigenvalue weighted by Crippen LogP contribution is 2.24. The third-order valence-electron chi connectivity index (χ3n) is 4.71. The number of nitrogens with one attached hydrogen (secondary N) is 2. The fraction of sp³-hybridized carbons (Fsp3) is 0.286. The molecule has 0 spiro atoms. The molecule has 0 radical (unpaired) electrons. The van der Waals surface area contributed by atoms with Gasteiger partial charge in [0.25, 0.3) is 11.8 Å². The van der Waals surface area contributed by atoms with Gasteiger partial charge in [0.05, 0.1) is 16.3 Å². The Balaban J connectivity index is 0.00000320. The van der Waals surface area contributed by atoms with Gasteiger partial charge in [-0.25, -0.2) is 4.98 Å². The van der Waals surface area contributed by atoms with Gasteiger partial charge in [0.15, 0.2) is 0 Å². The van der Waals surface area contributed by atoms with Gasteiger partial charge in [-0.2, -0.15) is 0 Å². The normalized spacial score (nSPS) is 14.0. The highest BCUT2D eigenvalue weighted by Gasteiger charge is 2.21. The molecule has 1 aromatic heterocycles. The molecule has 0 aliphatic carbocycles. The number of halogens is 3. The van der Waals surface area contributed by atoms with Crippen LogP contribution in [-0.4, -0.2) is 40.8 Å². The fourth-order valence-electron chi connectivity index (χ4n) is 3.01. The molecular formula is C21H23Cl3N4O2. The number of benzene rings is 1. The summed E-state index contributed by atoms with van der Waals surface area (Å²) in [6.07, 6.45) is 4.04. The van der Waals surface area contributed by atoms with Crippen molar-refractivity contribution < 1.29 is 9.59 Å². The van der Waals surface area contributed by atoms with E-state index < -0.39 is 5.91 Å². The van der Waals surface area contributed by atoms with Crippen LogP contribution in [0.3, 0.4) is 0 Å². The third kappa shape index (κ3) is 6.19. The summed E-state index contributed by atoms with van der Waals surface area (Å²) in [6.45, 7) is 5.82. The van der Waals surface area contributed by atoms with Gasteiger partial charge in [0, 0.05) is 35.9 Å². The van der Waals surface area contributed by atoms with Crippen LogP contribution in [0.15, 0.2) is 48.2 Å². The number of carbonyl (C=O) groups is 2. The topological polar surface area (TPSA) is 74.3 Å². The van der Waals surface area contributed by atoms with Gasteiger partial charge in [-0.3, -0.25) is 14.5 Å². The number of rotatable bonds is 5. The lowest BCUT2D eigenvalue weighted by atomic mass is 10.1. The van der Waals surface area contributed by atoms with Crippen LogP contribution in [0, 0.1) is 0 Å². The average Bonchev–Trinajstić information content (AvgIpc) is 2.71. The Morgan fingerprint density at radius 2 is 1.80 bits per heavy atom. The second-order valence-corrected chi connectivity index (χ2v) is 7.90. The molecule has 6 nitrogen and oxygen atoms in total. The number of hydrogen-bond acceptors (Lipinski definition) is 4. The Kier molecular flexibility index (Phi) is 8.67. The Morgan fingerprint density at radius 1 is 1.07 bits per heavy atom. The lowest BCUT2D eigenvalue weighted by molar-refractivity contribution is -0.113. The van der Waals surface area contributed by atoms with Crippen molar-refractivity contribution in [3.05, 3.63) is 63.8 Å². The molecule has 2 heterocycles. The minimum atomic E-state index is -0.429. The zero-order valence-electron chi connectivity index (χ0n) is 16.6. The van der Waals surface area contributed by atoms with E-state index in [1.54, 1.807) is 24.3 Å². The van der Waals surface area contributed by atoms with Gasteiger partial charge >= 0.3 is 0 Å². The van der Waals surface area contributed by atoms with Crippen LogP contribution >= 0.6 is 35.6 Å². The van der Waals surface area contributed by atoms with Gasteiger partial charge in [-0.1, -0.05) is 29.3 Å². The number of amides is 2. The van der Waals surface area contributed by atoms with E-state index in [0.717, 1.165) is 13.1 Å². The van der Waals surface area contributed by atoms with Crippen LogP contribution < -0.4 is 10.6 Å². The molecule has 160 valence electrons. The first-order valence-electron chi connectivity index (χ1n) is 9.30. The number of nitrogens with zero attached hydrogens (tertiary/aromatic N) is 2. The summed E-state index contributed by atoms with van der Waals surface area (Å²) in [4.78, 5) is 31.8. The molecule has 1 aliphatic heterocycles. The Bertz CT molecular complexity index is 946. The second-order valence-electron chi connectivity index (χ2n) is 7.03. The number of anilines is 2. The largest absolute Gasteiger partial charge is 0.322 e. The minimum Gasteiger partial charge on any atom is -0.322 e. The molecule has 0 atom stereocenters. The van der Waals surface area contributed by atoms with Gasteiger partial charge in [-0.05, 0) is 50.6 Å². The molecule has 2 aromatic rings. The first-order valence-corrected chi connectivity index (χ1v) is 10.1. The first kappa shape index (κ1) is 24.2. The summed E-state index contributed by atoms with van der Waals surface area (Å²) in [7, 11) is 0. The van der Waals surface area contributed by atoms with E-state index in [1.165, 1.54) is 12.3 Å². The Labute approximate surface area is 192 Å². The summed E-state index contributed by atoms with van der Waals surface area (Å²) in [5.41, 5.74) is 1.35. The zero-order valence-corrected chi connectivity index (χ0v) is 18.9. The maximum Gasteiger partial charge on any atom is 0.258 e. The molecule has 9 heteroatoms. The van der Waals surface area contributed by atoms with Crippen molar-refractivity contribution in [1.29, 1.82) is 0 Å². The number of hydrogen-bond donors (Lipinski definition) is 2. The predicted octanol–water partition coefficient (Wildman–Crippen LogP) is 5.04. The van der Waals surface area contributed by atoms with E-state index in [0.29, 0.717) is 39.6 Å². The second kappa shape index (κ2) is 10.8. The van der Waals surface area contributed by atoms with Crippen molar-refractivity contribution in [1.82, 2.24) is 9.88 Å². The lowest BCUT2D eigenvalue weighted by Crippen LogP contribution is -2.36.